The lowest BCUT2D eigenvalue weighted by molar-refractivity contribution is -0.125. The number of allylic oxidation sites excluding steroid dienone is 1. The van der Waals surface area contributed by atoms with Crippen molar-refractivity contribution in [1.82, 2.24) is 24.3 Å². The molecule has 0 unspecified atom stereocenters. The molecular formula is C17H23BrF3N5O3S. The van der Waals surface area contributed by atoms with Gasteiger partial charge in [0, 0.05) is 12.1 Å². The van der Waals surface area contributed by atoms with E-state index in [0.29, 0.717) is 10.3 Å². The summed E-state index contributed by atoms with van der Waals surface area (Å²) < 4.78 is 64.9. The van der Waals surface area contributed by atoms with E-state index in [-0.39, 0.29) is 37.8 Å². The third kappa shape index (κ3) is 8.19. The minimum atomic E-state index is -4.34. The van der Waals surface area contributed by atoms with Crippen LogP contribution in [-0.2, 0) is 15.7 Å². The molecule has 0 fully saturated rings. The maximum Gasteiger partial charge on any atom is 0.392 e. The molecule has 0 aliphatic rings. The van der Waals surface area contributed by atoms with E-state index in [0.717, 1.165) is 6.08 Å². The molecule has 2 rings (SSSR count). The van der Waals surface area contributed by atoms with Crippen molar-refractivity contribution in [1.29, 1.82) is 0 Å². The molecule has 1 N–H and O–H groups in total. The normalized spacial score (nSPS) is 14.2. The smallest absolute Gasteiger partial charge is 0.392 e. The lowest BCUT2D eigenvalue weighted by Gasteiger charge is -2.20. The predicted octanol–water partition coefficient (Wildman–Crippen LogP) is 3.56. The number of hydrogen-bond donors (Lipinski definition) is 1. The third-order valence-corrected chi connectivity index (χ3v) is 5.49. The van der Waals surface area contributed by atoms with E-state index >= 15 is 0 Å². The summed E-state index contributed by atoms with van der Waals surface area (Å²) in [6.07, 6.45) is -1.29. The summed E-state index contributed by atoms with van der Waals surface area (Å²) in [7, 11) is -1.53. The number of fused-ring (bicyclic) bond motifs is 1. The Balaban J connectivity index is 1.82. The topological polar surface area (TPSA) is 90.6 Å². The molecule has 0 amide bonds. The van der Waals surface area contributed by atoms with Crippen LogP contribution < -0.4 is 9.46 Å². The summed E-state index contributed by atoms with van der Waals surface area (Å²) in [5.41, 5.74) is 0.671. The Labute approximate surface area is 183 Å². The van der Waals surface area contributed by atoms with E-state index in [1.54, 1.807) is 27.0 Å². The number of nitrogens with one attached hydrogen (secondary N) is 1. The molecule has 0 aliphatic carbocycles. The standard InChI is InChI=1S/C17H23BrF3N5O3S/c1-16(2,3)30(27)25-12(4-6-17(19,20)21)5-7-28-8-9-29-15-14-22-11-23-26(14)10-13(18)24-15/h4,10-11,25H,5-9H2,1-3H3/b12-4-/t30-/m1/s1. The Morgan fingerprint density at radius 3 is 2.70 bits per heavy atom. The SMILES string of the molecule is CC(C)(C)[S@@](=O)N/C(=C\CC(F)(F)F)CCOCCOc1nc(Br)cn2ncnc12. The van der Waals surface area contributed by atoms with Crippen LogP contribution in [0.15, 0.2) is 28.9 Å². The molecular weight excluding hydrogens is 491 g/mol. The van der Waals surface area contributed by atoms with Crippen molar-refractivity contribution in [2.24, 2.45) is 0 Å². The fourth-order valence-electron chi connectivity index (χ4n) is 2.06. The summed E-state index contributed by atoms with van der Waals surface area (Å²) in [6.45, 7) is 5.67. The van der Waals surface area contributed by atoms with E-state index < -0.39 is 28.3 Å². The molecule has 0 aliphatic heterocycles. The quantitative estimate of drug-likeness (QED) is 0.488. The summed E-state index contributed by atoms with van der Waals surface area (Å²) >= 11 is 3.25. The van der Waals surface area contributed by atoms with Crippen LogP contribution in [0.4, 0.5) is 13.2 Å². The van der Waals surface area contributed by atoms with Gasteiger partial charge >= 0.3 is 6.18 Å². The summed E-state index contributed by atoms with van der Waals surface area (Å²) in [6, 6.07) is 0. The third-order valence-electron chi connectivity index (χ3n) is 3.54. The Bertz CT molecular complexity index is 899. The van der Waals surface area contributed by atoms with Crippen LogP contribution in [0.3, 0.4) is 0 Å². The first kappa shape index (κ1) is 24.5. The largest absolute Gasteiger partial charge is 0.473 e. The highest BCUT2D eigenvalue weighted by Gasteiger charge is 2.26. The van der Waals surface area contributed by atoms with Gasteiger partial charge in [-0.15, -0.1) is 0 Å². The first-order valence-electron chi connectivity index (χ1n) is 8.96. The number of aromatic nitrogens is 4. The van der Waals surface area contributed by atoms with E-state index in [9.17, 15) is 17.4 Å². The molecule has 2 heterocycles. The summed E-state index contributed by atoms with van der Waals surface area (Å²) in [4.78, 5) is 8.23. The van der Waals surface area contributed by atoms with Gasteiger partial charge < -0.3 is 14.2 Å². The lowest BCUT2D eigenvalue weighted by atomic mass is 10.2. The van der Waals surface area contributed by atoms with Gasteiger partial charge in [-0.2, -0.15) is 18.3 Å². The van der Waals surface area contributed by atoms with Crippen molar-refractivity contribution >= 4 is 32.6 Å². The Kier molecular flexibility index (Phi) is 8.62. The Morgan fingerprint density at radius 1 is 1.30 bits per heavy atom. The molecule has 2 aromatic rings. The van der Waals surface area contributed by atoms with Gasteiger partial charge in [-0.3, -0.25) is 0 Å². The second-order valence-corrected chi connectivity index (χ2v) is 9.92. The molecule has 30 heavy (non-hydrogen) atoms. The van der Waals surface area contributed by atoms with Crippen molar-refractivity contribution in [3.05, 3.63) is 28.9 Å². The number of nitrogens with zero attached hydrogens (tertiary/aromatic N) is 4. The summed E-state index contributed by atoms with van der Waals surface area (Å²) in [5, 5.41) is 4.00. The second kappa shape index (κ2) is 10.5. The van der Waals surface area contributed by atoms with Crippen molar-refractivity contribution < 1.29 is 26.9 Å². The first-order valence-corrected chi connectivity index (χ1v) is 10.9. The molecule has 2 aromatic heterocycles. The van der Waals surface area contributed by atoms with Crippen LogP contribution in [0, 0.1) is 0 Å². The fourth-order valence-corrected chi connectivity index (χ4v) is 3.14. The zero-order valence-electron chi connectivity index (χ0n) is 16.7. The number of hydrogen-bond acceptors (Lipinski definition) is 6. The molecule has 1 atom stereocenters. The highest BCUT2D eigenvalue weighted by Crippen LogP contribution is 2.22. The molecule has 0 saturated carbocycles. The highest BCUT2D eigenvalue weighted by molar-refractivity contribution is 9.10. The molecule has 168 valence electrons. The number of alkyl halides is 3. The van der Waals surface area contributed by atoms with Gasteiger partial charge in [0.15, 0.2) is 0 Å². The highest BCUT2D eigenvalue weighted by atomic mass is 79.9. The number of rotatable bonds is 10. The molecule has 0 radical (unpaired) electrons. The van der Waals surface area contributed by atoms with Gasteiger partial charge in [-0.25, -0.2) is 18.7 Å². The monoisotopic (exact) mass is 513 g/mol. The van der Waals surface area contributed by atoms with Gasteiger partial charge in [0.05, 0.1) is 30.6 Å². The van der Waals surface area contributed by atoms with Crippen LogP contribution in [0.1, 0.15) is 33.6 Å². The van der Waals surface area contributed by atoms with Crippen LogP contribution in [-0.4, -0.2) is 54.5 Å². The van der Waals surface area contributed by atoms with Gasteiger partial charge in [0.25, 0.3) is 5.88 Å². The number of ether oxygens (including phenoxy) is 2. The summed E-state index contributed by atoms with van der Waals surface area (Å²) in [5.74, 6) is 0.276. The average Bonchev–Trinajstić information content (AvgIpc) is 3.08. The predicted molar refractivity (Wildman–Crippen MR) is 109 cm³/mol. The molecule has 0 bridgehead atoms. The maximum atomic E-state index is 12.5. The molecule has 13 heteroatoms. The molecule has 0 saturated heterocycles. The van der Waals surface area contributed by atoms with Crippen molar-refractivity contribution in [2.45, 2.75) is 44.5 Å². The van der Waals surface area contributed by atoms with Crippen LogP contribution in [0.2, 0.25) is 0 Å². The Hall–Kier alpha value is -1.73. The maximum absolute atomic E-state index is 12.5. The number of halogens is 4. The Morgan fingerprint density at radius 2 is 2.03 bits per heavy atom. The minimum Gasteiger partial charge on any atom is -0.473 e. The van der Waals surface area contributed by atoms with Gasteiger partial charge in [-0.05, 0) is 36.7 Å². The lowest BCUT2D eigenvalue weighted by Crippen LogP contribution is -2.33. The van der Waals surface area contributed by atoms with E-state index in [4.69, 9.17) is 9.47 Å². The van der Waals surface area contributed by atoms with Crippen LogP contribution >= 0.6 is 15.9 Å². The van der Waals surface area contributed by atoms with Crippen molar-refractivity contribution in [3.63, 3.8) is 0 Å². The zero-order chi connectivity index (χ0) is 22.4. The van der Waals surface area contributed by atoms with Gasteiger partial charge in [-0.1, -0.05) is 6.08 Å². The molecule has 0 aromatic carbocycles. The van der Waals surface area contributed by atoms with Crippen LogP contribution in [0.25, 0.3) is 5.65 Å². The van der Waals surface area contributed by atoms with Crippen molar-refractivity contribution in [3.8, 4) is 5.88 Å². The molecule has 0 spiro atoms. The zero-order valence-corrected chi connectivity index (χ0v) is 19.1. The minimum absolute atomic E-state index is 0.133. The van der Waals surface area contributed by atoms with Gasteiger partial charge in [0.2, 0.25) is 5.65 Å². The fraction of sp³-hybridized carbons (Fsp3) is 0.588. The average molecular weight is 514 g/mol. The second-order valence-electron chi connectivity index (χ2n) is 7.14. The van der Waals surface area contributed by atoms with Crippen LogP contribution in [0.5, 0.6) is 5.88 Å². The first-order chi connectivity index (χ1) is 14.0. The van der Waals surface area contributed by atoms with E-state index in [2.05, 4.69) is 35.7 Å². The van der Waals surface area contributed by atoms with Crippen molar-refractivity contribution in [2.75, 3.05) is 19.8 Å². The van der Waals surface area contributed by atoms with E-state index in [1.165, 1.54) is 10.8 Å². The van der Waals surface area contributed by atoms with Gasteiger partial charge in [0.1, 0.15) is 28.5 Å². The van der Waals surface area contributed by atoms with E-state index in [1.807, 2.05) is 0 Å². The molecule has 8 nitrogen and oxygen atoms in total.